The number of ether oxygens (including phenoxy) is 1. The predicted octanol–water partition coefficient (Wildman–Crippen LogP) is 5.11. The molecule has 0 spiro atoms. The van der Waals surface area contributed by atoms with Crippen LogP contribution in [0.5, 0.6) is 5.75 Å². The quantitative estimate of drug-likeness (QED) is 0.500. The summed E-state index contributed by atoms with van der Waals surface area (Å²) in [6.45, 7) is 10.0. The van der Waals surface area contributed by atoms with Gasteiger partial charge in [-0.05, 0) is 61.2 Å². The molecular formula is C23H23N5O. The first-order valence-electron chi connectivity index (χ1n) is 9.35. The molecule has 0 amide bonds. The molecule has 0 fully saturated rings. The van der Waals surface area contributed by atoms with Crippen LogP contribution in [0.2, 0.25) is 0 Å². The summed E-state index contributed by atoms with van der Waals surface area (Å²) in [6.07, 6.45) is 7.26. The first-order chi connectivity index (χ1) is 14.0. The van der Waals surface area contributed by atoms with Crippen molar-refractivity contribution in [2.24, 2.45) is 0 Å². The van der Waals surface area contributed by atoms with Gasteiger partial charge in [-0.25, -0.2) is 0 Å². The van der Waals surface area contributed by atoms with Crippen LogP contribution in [-0.2, 0) is 0 Å². The number of aromatic nitrogens is 5. The van der Waals surface area contributed by atoms with Crippen LogP contribution in [0.25, 0.3) is 39.6 Å². The van der Waals surface area contributed by atoms with E-state index in [1.807, 2.05) is 13.1 Å². The molecule has 0 aliphatic heterocycles. The van der Waals surface area contributed by atoms with Gasteiger partial charge in [-0.15, -0.1) is 0 Å². The van der Waals surface area contributed by atoms with Gasteiger partial charge in [-0.1, -0.05) is 12.6 Å². The number of methoxy groups -OCH3 is 1. The van der Waals surface area contributed by atoms with Gasteiger partial charge in [0, 0.05) is 28.6 Å². The number of nitrogens with one attached hydrogen (secondary N) is 2. The molecule has 0 radical (unpaired) electrons. The second-order valence-corrected chi connectivity index (χ2v) is 7.05. The standard InChI is InChI=1S/C23H23N5O/c1-6-21-20(12-26-28-21)19-10-24-22(18-11-25-27-15(18)4)9-17(19)16-7-13(2)14(3)23(8-16)29-5/h6-12H,1H2,2-5H3,(H,25,27)(H,26,28). The fraction of sp³-hybridized carbons (Fsp3) is 0.174. The number of hydrogen-bond donors (Lipinski definition) is 2. The maximum Gasteiger partial charge on any atom is 0.122 e. The van der Waals surface area contributed by atoms with E-state index in [1.54, 1.807) is 25.6 Å². The Hall–Kier alpha value is -3.67. The zero-order valence-electron chi connectivity index (χ0n) is 17.0. The highest BCUT2D eigenvalue weighted by Gasteiger charge is 2.17. The molecule has 0 saturated carbocycles. The third-order valence-corrected chi connectivity index (χ3v) is 5.32. The van der Waals surface area contributed by atoms with Crippen LogP contribution in [-0.4, -0.2) is 32.5 Å². The van der Waals surface area contributed by atoms with Crippen molar-refractivity contribution in [3.05, 3.63) is 65.9 Å². The van der Waals surface area contributed by atoms with E-state index < -0.39 is 0 Å². The highest BCUT2D eigenvalue weighted by molar-refractivity contribution is 5.88. The van der Waals surface area contributed by atoms with E-state index in [-0.39, 0.29) is 0 Å². The van der Waals surface area contributed by atoms with Gasteiger partial charge in [-0.3, -0.25) is 15.2 Å². The van der Waals surface area contributed by atoms with Gasteiger partial charge in [0.1, 0.15) is 5.75 Å². The van der Waals surface area contributed by atoms with Crippen LogP contribution in [0.3, 0.4) is 0 Å². The summed E-state index contributed by atoms with van der Waals surface area (Å²) in [5.41, 5.74) is 9.99. The SMILES string of the molecule is C=Cc1[nH]ncc1-c1cnc(-c2cn[nH]c2C)cc1-c1cc(C)c(C)c(OC)c1. The second kappa shape index (κ2) is 7.39. The maximum absolute atomic E-state index is 5.62. The molecule has 0 saturated heterocycles. The molecule has 3 heterocycles. The molecule has 2 N–H and O–H groups in total. The molecule has 1 aromatic carbocycles. The Balaban J connectivity index is 2.00. The Morgan fingerprint density at radius 2 is 1.66 bits per heavy atom. The fourth-order valence-electron chi connectivity index (χ4n) is 3.53. The number of hydrogen-bond acceptors (Lipinski definition) is 4. The molecule has 146 valence electrons. The summed E-state index contributed by atoms with van der Waals surface area (Å²) in [6, 6.07) is 6.34. The molecule has 0 aliphatic carbocycles. The number of nitrogens with zero attached hydrogens (tertiary/aromatic N) is 3. The molecule has 0 aliphatic rings. The van der Waals surface area contributed by atoms with Crippen molar-refractivity contribution in [1.82, 2.24) is 25.4 Å². The lowest BCUT2D eigenvalue weighted by Gasteiger charge is -2.15. The van der Waals surface area contributed by atoms with Gasteiger partial charge >= 0.3 is 0 Å². The molecule has 6 nitrogen and oxygen atoms in total. The normalized spacial score (nSPS) is 10.9. The van der Waals surface area contributed by atoms with Crippen molar-refractivity contribution >= 4 is 6.08 Å². The third kappa shape index (κ3) is 3.23. The lowest BCUT2D eigenvalue weighted by Crippen LogP contribution is -1.95. The number of rotatable bonds is 5. The molecule has 3 aromatic heterocycles. The van der Waals surface area contributed by atoms with Crippen LogP contribution in [0.4, 0.5) is 0 Å². The van der Waals surface area contributed by atoms with Crippen LogP contribution in [0, 0.1) is 20.8 Å². The van der Waals surface area contributed by atoms with Crippen molar-refractivity contribution in [3.8, 4) is 39.3 Å². The first kappa shape index (κ1) is 18.7. The number of H-pyrrole nitrogens is 2. The van der Waals surface area contributed by atoms with E-state index in [0.29, 0.717) is 0 Å². The Kier molecular flexibility index (Phi) is 4.76. The first-order valence-corrected chi connectivity index (χ1v) is 9.35. The third-order valence-electron chi connectivity index (χ3n) is 5.32. The average molecular weight is 385 g/mol. The Bertz CT molecular complexity index is 1200. The van der Waals surface area contributed by atoms with Crippen LogP contribution in [0.1, 0.15) is 22.5 Å². The topological polar surface area (TPSA) is 79.5 Å². The molecule has 0 unspecified atom stereocenters. The monoisotopic (exact) mass is 385 g/mol. The summed E-state index contributed by atoms with van der Waals surface area (Å²) in [7, 11) is 1.70. The minimum absolute atomic E-state index is 0.857. The fourth-order valence-corrected chi connectivity index (χ4v) is 3.53. The highest BCUT2D eigenvalue weighted by Crippen LogP contribution is 2.38. The minimum Gasteiger partial charge on any atom is -0.496 e. The molecule has 4 rings (SSSR count). The Labute approximate surface area is 169 Å². The van der Waals surface area contributed by atoms with E-state index in [9.17, 15) is 0 Å². The molecule has 0 atom stereocenters. The summed E-state index contributed by atoms with van der Waals surface area (Å²) >= 11 is 0. The zero-order valence-corrected chi connectivity index (χ0v) is 17.0. The van der Waals surface area contributed by atoms with E-state index in [0.717, 1.165) is 56.2 Å². The zero-order chi connectivity index (χ0) is 20.5. The van der Waals surface area contributed by atoms with Crippen molar-refractivity contribution in [2.75, 3.05) is 7.11 Å². The van der Waals surface area contributed by atoms with Crippen molar-refractivity contribution in [2.45, 2.75) is 20.8 Å². The van der Waals surface area contributed by atoms with Gasteiger partial charge in [0.05, 0.1) is 30.9 Å². The van der Waals surface area contributed by atoms with Crippen LogP contribution < -0.4 is 4.74 Å². The number of aryl methyl sites for hydroxylation is 2. The van der Waals surface area contributed by atoms with Crippen LogP contribution >= 0.6 is 0 Å². The number of aromatic amines is 2. The lowest BCUT2D eigenvalue weighted by atomic mass is 9.92. The van der Waals surface area contributed by atoms with E-state index in [2.05, 4.69) is 59.0 Å². The lowest BCUT2D eigenvalue weighted by molar-refractivity contribution is 0.411. The summed E-state index contributed by atoms with van der Waals surface area (Å²) < 4.78 is 5.62. The molecule has 6 heteroatoms. The number of pyridine rings is 1. The van der Waals surface area contributed by atoms with Crippen LogP contribution in [0.15, 0.2) is 43.4 Å². The predicted molar refractivity (Wildman–Crippen MR) is 116 cm³/mol. The Morgan fingerprint density at radius 3 is 2.34 bits per heavy atom. The van der Waals surface area contributed by atoms with E-state index in [4.69, 9.17) is 9.72 Å². The molecule has 4 aromatic rings. The Morgan fingerprint density at radius 1 is 0.897 bits per heavy atom. The highest BCUT2D eigenvalue weighted by atomic mass is 16.5. The van der Waals surface area contributed by atoms with Crippen molar-refractivity contribution in [1.29, 1.82) is 0 Å². The van der Waals surface area contributed by atoms with Gasteiger partial charge in [0.2, 0.25) is 0 Å². The molecule has 29 heavy (non-hydrogen) atoms. The van der Waals surface area contributed by atoms with Gasteiger partial charge in [-0.2, -0.15) is 10.2 Å². The molecule has 0 bridgehead atoms. The summed E-state index contributed by atoms with van der Waals surface area (Å²) in [4.78, 5) is 4.71. The second-order valence-electron chi connectivity index (χ2n) is 7.05. The van der Waals surface area contributed by atoms with E-state index in [1.165, 1.54) is 5.56 Å². The maximum atomic E-state index is 5.62. The smallest absolute Gasteiger partial charge is 0.122 e. The minimum atomic E-state index is 0.857. The summed E-state index contributed by atoms with van der Waals surface area (Å²) in [5.74, 6) is 0.861. The van der Waals surface area contributed by atoms with Gasteiger partial charge in [0.25, 0.3) is 0 Å². The summed E-state index contributed by atoms with van der Waals surface area (Å²) in [5, 5.41) is 14.3. The number of benzene rings is 1. The van der Waals surface area contributed by atoms with E-state index >= 15 is 0 Å². The molecular weight excluding hydrogens is 362 g/mol. The van der Waals surface area contributed by atoms with Crippen molar-refractivity contribution < 1.29 is 4.74 Å². The van der Waals surface area contributed by atoms with Crippen molar-refractivity contribution in [3.63, 3.8) is 0 Å². The van der Waals surface area contributed by atoms with Gasteiger partial charge < -0.3 is 4.74 Å². The average Bonchev–Trinajstić information content (AvgIpc) is 3.38. The largest absolute Gasteiger partial charge is 0.496 e. The van der Waals surface area contributed by atoms with Gasteiger partial charge in [0.15, 0.2) is 0 Å².